The Hall–Kier alpha value is -2.12. The molecule has 1 aromatic rings. The van der Waals surface area contributed by atoms with E-state index in [-0.39, 0.29) is 18.5 Å². The predicted molar refractivity (Wildman–Crippen MR) is 61.0 cm³/mol. The number of carboxylic acid groups (broad SMARTS) is 1. The van der Waals surface area contributed by atoms with Gasteiger partial charge in [0.1, 0.15) is 5.82 Å². The zero-order valence-electron chi connectivity index (χ0n) is 10.1. The molecule has 0 bridgehead atoms. The number of alkyl halides is 3. The Labute approximate surface area is 111 Å². The molecule has 8 heteroatoms. The number of amides is 1. The van der Waals surface area contributed by atoms with E-state index in [9.17, 15) is 27.2 Å². The Kier molecular flexibility index (Phi) is 5.06. The van der Waals surface area contributed by atoms with Crippen LogP contribution in [0.15, 0.2) is 18.2 Å². The fraction of sp³-hybridized carbons (Fsp3) is 0.333. The van der Waals surface area contributed by atoms with Gasteiger partial charge in [-0.2, -0.15) is 13.2 Å². The van der Waals surface area contributed by atoms with Crippen LogP contribution in [-0.4, -0.2) is 29.7 Å². The number of halogens is 4. The Morgan fingerprint density at radius 1 is 1.25 bits per heavy atom. The molecule has 110 valence electrons. The average molecular weight is 293 g/mol. The van der Waals surface area contributed by atoms with E-state index >= 15 is 0 Å². The first-order chi connectivity index (χ1) is 9.20. The molecule has 0 saturated carbocycles. The van der Waals surface area contributed by atoms with Gasteiger partial charge in [0.05, 0.1) is 11.1 Å². The maximum absolute atomic E-state index is 13.5. The van der Waals surface area contributed by atoms with Crippen LogP contribution in [0, 0.1) is 5.82 Å². The van der Waals surface area contributed by atoms with Crippen molar-refractivity contribution in [2.24, 2.45) is 0 Å². The average Bonchev–Trinajstić information content (AvgIpc) is 2.33. The Morgan fingerprint density at radius 2 is 1.90 bits per heavy atom. The Morgan fingerprint density at radius 3 is 2.40 bits per heavy atom. The van der Waals surface area contributed by atoms with E-state index in [0.29, 0.717) is 6.07 Å². The lowest BCUT2D eigenvalue weighted by Crippen LogP contribution is -2.26. The standard InChI is InChI=1S/C12H11F4NO3/c13-9-6-7(11(19)20)2-3-8(9)10(18)17-5-1-4-12(14,15)16/h2-3,6H,1,4-5H2,(H,17,18)(H,19,20). The number of hydrogen-bond donors (Lipinski definition) is 2. The van der Waals surface area contributed by atoms with Crippen molar-refractivity contribution >= 4 is 11.9 Å². The van der Waals surface area contributed by atoms with E-state index in [1.165, 1.54) is 0 Å². The number of benzene rings is 1. The van der Waals surface area contributed by atoms with Crippen molar-refractivity contribution in [2.75, 3.05) is 6.54 Å². The molecule has 4 nitrogen and oxygen atoms in total. The van der Waals surface area contributed by atoms with E-state index in [0.717, 1.165) is 12.1 Å². The van der Waals surface area contributed by atoms with Crippen LogP contribution in [0.1, 0.15) is 33.6 Å². The summed E-state index contributed by atoms with van der Waals surface area (Å²) in [5, 5.41) is 10.7. The SMILES string of the molecule is O=C(O)c1ccc(C(=O)NCCCC(F)(F)F)c(F)c1. The van der Waals surface area contributed by atoms with Crippen LogP contribution < -0.4 is 5.32 Å². The van der Waals surface area contributed by atoms with Crippen LogP contribution in [-0.2, 0) is 0 Å². The molecule has 20 heavy (non-hydrogen) atoms. The number of carboxylic acids is 1. The fourth-order valence-electron chi connectivity index (χ4n) is 1.42. The number of carbonyl (C=O) groups is 2. The number of hydrogen-bond acceptors (Lipinski definition) is 2. The maximum atomic E-state index is 13.5. The lowest BCUT2D eigenvalue weighted by atomic mass is 10.1. The normalized spacial score (nSPS) is 11.2. The van der Waals surface area contributed by atoms with Crippen LogP contribution in [0.25, 0.3) is 0 Å². The predicted octanol–water partition coefficient (Wildman–Crippen LogP) is 2.60. The van der Waals surface area contributed by atoms with E-state index in [4.69, 9.17) is 5.11 Å². The topological polar surface area (TPSA) is 66.4 Å². The number of carbonyl (C=O) groups excluding carboxylic acids is 1. The maximum Gasteiger partial charge on any atom is 0.389 e. The van der Waals surface area contributed by atoms with Crippen molar-refractivity contribution in [3.8, 4) is 0 Å². The molecule has 0 spiro atoms. The molecular weight excluding hydrogens is 282 g/mol. The van der Waals surface area contributed by atoms with Gasteiger partial charge in [0.15, 0.2) is 0 Å². The van der Waals surface area contributed by atoms with Gasteiger partial charge in [-0.15, -0.1) is 0 Å². The quantitative estimate of drug-likeness (QED) is 0.648. The summed E-state index contributed by atoms with van der Waals surface area (Å²) in [4.78, 5) is 22.1. The van der Waals surface area contributed by atoms with Gasteiger partial charge in [-0.1, -0.05) is 0 Å². The largest absolute Gasteiger partial charge is 0.478 e. The first-order valence-electron chi connectivity index (χ1n) is 5.58. The molecule has 0 atom stereocenters. The fourth-order valence-corrected chi connectivity index (χ4v) is 1.42. The highest BCUT2D eigenvalue weighted by Crippen LogP contribution is 2.20. The molecule has 1 rings (SSSR count). The van der Waals surface area contributed by atoms with Gasteiger partial charge in [0, 0.05) is 13.0 Å². The summed E-state index contributed by atoms with van der Waals surface area (Å²) in [6.45, 7) is -0.252. The number of nitrogens with one attached hydrogen (secondary N) is 1. The monoisotopic (exact) mass is 293 g/mol. The molecule has 0 aliphatic heterocycles. The van der Waals surface area contributed by atoms with Gasteiger partial charge in [-0.3, -0.25) is 4.79 Å². The van der Waals surface area contributed by atoms with Crippen molar-refractivity contribution in [2.45, 2.75) is 19.0 Å². The molecule has 1 amide bonds. The number of aromatic carboxylic acids is 1. The van der Waals surface area contributed by atoms with Crippen LogP contribution in [0.3, 0.4) is 0 Å². The first kappa shape index (κ1) is 15.9. The molecule has 0 aromatic heterocycles. The molecule has 2 N–H and O–H groups in total. The Bertz CT molecular complexity index is 514. The molecule has 0 aliphatic rings. The first-order valence-corrected chi connectivity index (χ1v) is 5.58. The summed E-state index contributed by atoms with van der Waals surface area (Å²) in [7, 11) is 0. The van der Waals surface area contributed by atoms with Gasteiger partial charge in [0.25, 0.3) is 5.91 Å². The highest BCUT2D eigenvalue weighted by atomic mass is 19.4. The zero-order valence-corrected chi connectivity index (χ0v) is 10.1. The summed E-state index contributed by atoms with van der Waals surface area (Å²) in [6.07, 6.45) is -5.67. The van der Waals surface area contributed by atoms with Crippen LogP contribution >= 0.6 is 0 Å². The number of rotatable bonds is 5. The third-order valence-electron chi connectivity index (χ3n) is 2.38. The molecule has 0 heterocycles. The second kappa shape index (κ2) is 6.36. The van der Waals surface area contributed by atoms with Gasteiger partial charge in [-0.25, -0.2) is 9.18 Å². The summed E-state index contributed by atoms with van der Waals surface area (Å²) >= 11 is 0. The molecule has 0 unspecified atom stereocenters. The van der Waals surface area contributed by atoms with Crippen molar-refractivity contribution in [3.05, 3.63) is 35.1 Å². The Balaban J connectivity index is 2.58. The van der Waals surface area contributed by atoms with Crippen molar-refractivity contribution < 1.29 is 32.3 Å². The van der Waals surface area contributed by atoms with E-state index in [2.05, 4.69) is 5.32 Å². The van der Waals surface area contributed by atoms with Crippen molar-refractivity contribution in [3.63, 3.8) is 0 Å². The van der Waals surface area contributed by atoms with E-state index in [1.54, 1.807) is 0 Å². The van der Waals surface area contributed by atoms with Crippen molar-refractivity contribution in [1.82, 2.24) is 5.32 Å². The smallest absolute Gasteiger partial charge is 0.389 e. The van der Waals surface area contributed by atoms with Crippen molar-refractivity contribution in [1.29, 1.82) is 0 Å². The minimum Gasteiger partial charge on any atom is -0.478 e. The van der Waals surface area contributed by atoms with E-state index in [1.807, 2.05) is 0 Å². The van der Waals surface area contributed by atoms with Gasteiger partial charge < -0.3 is 10.4 Å². The second-order valence-corrected chi connectivity index (χ2v) is 3.97. The minimum atomic E-state index is -4.31. The van der Waals surface area contributed by atoms with Crippen LogP contribution in [0.4, 0.5) is 17.6 Å². The minimum absolute atomic E-state index is 0.252. The molecule has 1 aromatic carbocycles. The third-order valence-corrected chi connectivity index (χ3v) is 2.38. The third kappa shape index (κ3) is 4.87. The molecular formula is C12H11F4NO3. The van der Waals surface area contributed by atoms with Crippen LogP contribution in [0.2, 0.25) is 0 Å². The summed E-state index contributed by atoms with van der Waals surface area (Å²) in [6, 6.07) is 2.68. The lowest BCUT2D eigenvalue weighted by molar-refractivity contribution is -0.135. The highest BCUT2D eigenvalue weighted by Gasteiger charge is 2.26. The van der Waals surface area contributed by atoms with Gasteiger partial charge in [0.2, 0.25) is 0 Å². The van der Waals surface area contributed by atoms with Gasteiger partial charge in [-0.05, 0) is 24.6 Å². The van der Waals surface area contributed by atoms with E-state index < -0.39 is 35.9 Å². The van der Waals surface area contributed by atoms with Crippen LogP contribution in [0.5, 0.6) is 0 Å². The molecule has 0 saturated heterocycles. The molecule has 0 fully saturated rings. The summed E-state index contributed by atoms with van der Waals surface area (Å²) in [5.41, 5.74) is -0.738. The van der Waals surface area contributed by atoms with Gasteiger partial charge >= 0.3 is 12.1 Å². The molecule has 0 aliphatic carbocycles. The molecule has 0 radical (unpaired) electrons. The summed E-state index contributed by atoms with van der Waals surface area (Å²) < 4.78 is 49.0. The lowest BCUT2D eigenvalue weighted by Gasteiger charge is -2.08. The summed E-state index contributed by atoms with van der Waals surface area (Å²) in [5.74, 6) is -3.28. The highest BCUT2D eigenvalue weighted by molar-refractivity contribution is 5.96. The zero-order chi connectivity index (χ0) is 15.3. The second-order valence-electron chi connectivity index (χ2n) is 3.97.